The van der Waals surface area contributed by atoms with Crippen LogP contribution in [0.4, 0.5) is 13.2 Å². The molecule has 2 aliphatic rings. The molecule has 0 spiro atoms. The van der Waals surface area contributed by atoms with Crippen molar-refractivity contribution < 1.29 is 18.0 Å². The minimum atomic E-state index is -4.49. The third-order valence-corrected chi connectivity index (χ3v) is 5.74. The zero-order valence-corrected chi connectivity index (χ0v) is 15.3. The highest BCUT2D eigenvalue weighted by Gasteiger charge is 2.36. The first-order valence-corrected chi connectivity index (χ1v) is 9.56. The molecule has 1 saturated carbocycles. The second-order valence-corrected chi connectivity index (χ2v) is 7.72. The van der Waals surface area contributed by atoms with E-state index in [2.05, 4.69) is 10.1 Å². The maximum absolute atomic E-state index is 13.3. The van der Waals surface area contributed by atoms with Gasteiger partial charge < -0.3 is 4.90 Å². The Bertz CT molecular complexity index is 854. The van der Waals surface area contributed by atoms with Gasteiger partial charge in [-0.1, -0.05) is 19.3 Å². The van der Waals surface area contributed by atoms with Crippen molar-refractivity contribution in [3.63, 3.8) is 0 Å². The highest BCUT2D eigenvalue weighted by molar-refractivity contribution is 5.79. The molecule has 27 heavy (non-hydrogen) atoms. The predicted octanol–water partition coefficient (Wildman–Crippen LogP) is 3.95. The van der Waals surface area contributed by atoms with E-state index >= 15 is 0 Å². The average molecular weight is 380 g/mol. The molecule has 0 N–H and O–H groups in total. The zero-order valence-electron chi connectivity index (χ0n) is 15.3. The maximum atomic E-state index is 13.3. The summed E-state index contributed by atoms with van der Waals surface area (Å²) in [5, 5.41) is 4.20. The van der Waals surface area contributed by atoms with Crippen LogP contribution < -0.4 is 0 Å². The van der Waals surface area contributed by atoms with Gasteiger partial charge in [0.25, 0.3) is 0 Å². The van der Waals surface area contributed by atoms with Crippen LogP contribution >= 0.6 is 0 Å². The average Bonchev–Trinajstić information content (AvgIpc) is 3.27. The molecule has 0 aromatic carbocycles. The summed E-state index contributed by atoms with van der Waals surface area (Å²) in [4.78, 5) is 18.8. The smallest absolute Gasteiger partial charge is 0.342 e. The van der Waals surface area contributed by atoms with Crippen molar-refractivity contribution >= 4 is 11.6 Å². The summed E-state index contributed by atoms with van der Waals surface area (Å²) in [6.45, 7) is 2.72. The second-order valence-electron chi connectivity index (χ2n) is 7.72. The van der Waals surface area contributed by atoms with E-state index in [0.717, 1.165) is 42.7 Å². The van der Waals surface area contributed by atoms with Crippen LogP contribution in [0.5, 0.6) is 0 Å². The van der Waals surface area contributed by atoms with E-state index in [1.54, 1.807) is 13.0 Å². The van der Waals surface area contributed by atoms with Gasteiger partial charge in [-0.05, 0) is 32.3 Å². The Morgan fingerprint density at radius 2 is 1.89 bits per heavy atom. The number of hydrogen-bond acceptors (Lipinski definition) is 3. The Hall–Kier alpha value is -2.12. The van der Waals surface area contributed by atoms with E-state index in [-0.39, 0.29) is 23.4 Å². The molecule has 0 bridgehead atoms. The van der Waals surface area contributed by atoms with Crippen LogP contribution in [0.15, 0.2) is 12.1 Å². The predicted molar refractivity (Wildman–Crippen MR) is 93.2 cm³/mol. The van der Waals surface area contributed by atoms with Crippen LogP contribution in [0.3, 0.4) is 0 Å². The molecule has 2 aromatic rings. The van der Waals surface area contributed by atoms with Crippen LogP contribution in [0.25, 0.3) is 5.65 Å². The van der Waals surface area contributed by atoms with E-state index in [1.807, 2.05) is 4.90 Å². The molecule has 1 unspecified atom stereocenters. The van der Waals surface area contributed by atoms with Gasteiger partial charge in [-0.2, -0.15) is 18.3 Å². The quantitative estimate of drug-likeness (QED) is 0.793. The zero-order chi connectivity index (χ0) is 19.2. The van der Waals surface area contributed by atoms with E-state index < -0.39 is 11.9 Å². The van der Waals surface area contributed by atoms with Gasteiger partial charge in [0.2, 0.25) is 5.91 Å². The van der Waals surface area contributed by atoms with Crippen molar-refractivity contribution in [1.82, 2.24) is 19.5 Å². The van der Waals surface area contributed by atoms with Crippen molar-refractivity contribution in [2.75, 3.05) is 13.1 Å². The number of halogens is 3. The van der Waals surface area contributed by atoms with Crippen molar-refractivity contribution in [2.45, 2.75) is 57.5 Å². The summed E-state index contributed by atoms with van der Waals surface area (Å²) in [5.74, 6) is 0.270. The normalized spacial score (nSPS) is 21.9. The van der Waals surface area contributed by atoms with Gasteiger partial charge in [0, 0.05) is 36.7 Å². The molecule has 2 fully saturated rings. The lowest BCUT2D eigenvalue weighted by atomic mass is 9.88. The van der Waals surface area contributed by atoms with Gasteiger partial charge in [0.15, 0.2) is 5.65 Å². The van der Waals surface area contributed by atoms with E-state index in [4.69, 9.17) is 0 Å². The molecule has 1 aliphatic heterocycles. The van der Waals surface area contributed by atoms with Gasteiger partial charge in [-0.15, -0.1) is 0 Å². The number of rotatable bonds is 2. The molecular formula is C19H23F3N4O. The monoisotopic (exact) mass is 380 g/mol. The number of likely N-dealkylation sites (tertiary alicyclic amines) is 1. The number of alkyl halides is 3. The molecule has 1 amide bonds. The summed E-state index contributed by atoms with van der Waals surface area (Å²) < 4.78 is 40.8. The first kappa shape index (κ1) is 18.3. The summed E-state index contributed by atoms with van der Waals surface area (Å²) in [5.41, 5.74) is 0.276. The second kappa shape index (κ2) is 6.80. The van der Waals surface area contributed by atoms with E-state index in [1.165, 1.54) is 6.42 Å². The largest absolute Gasteiger partial charge is 0.433 e. The molecule has 3 heterocycles. The molecule has 1 atom stereocenters. The van der Waals surface area contributed by atoms with Crippen molar-refractivity contribution in [2.24, 2.45) is 5.92 Å². The Labute approximate surface area is 155 Å². The van der Waals surface area contributed by atoms with Crippen LogP contribution in [0, 0.1) is 12.8 Å². The number of fused-ring (bicyclic) bond motifs is 1. The van der Waals surface area contributed by atoms with Crippen molar-refractivity contribution in [3.8, 4) is 0 Å². The highest BCUT2D eigenvalue weighted by Crippen LogP contribution is 2.33. The third kappa shape index (κ3) is 3.53. The maximum Gasteiger partial charge on any atom is 0.433 e. The highest BCUT2D eigenvalue weighted by atomic mass is 19.4. The minimum Gasteiger partial charge on any atom is -0.342 e. The van der Waals surface area contributed by atoms with Gasteiger partial charge in [0.05, 0.1) is 5.69 Å². The number of amides is 1. The third-order valence-electron chi connectivity index (χ3n) is 5.74. The van der Waals surface area contributed by atoms with Crippen molar-refractivity contribution in [1.29, 1.82) is 0 Å². The molecule has 5 nitrogen and oxygen atoms in total. The van der Waals surface area contributed by atoms with Crippen LogP contribution in [0.2, 0.25) is 0 Å². The number of hydrogen-bond donors (Lipinski definition) is 0. The molecule has 4 rings (SSSR count). The van der Waals surface area contributed by atoms with Crippen LogP contribution in [-0.4, -0.2) is 38.5 Å². The lowest BCUT2D eigenvalue weighted by Crippen LogP contribution is -2.35. The molecule has 2 aromatic heterocycles. The molecule has 1 saturated heterocycles. The fourth-order valence-electron chi connectivity index (χ4n) is 4.33. The number of carbonyl (C=O) groups excluding carboxylic acids is 1. The Balaban J connectivity index is 1.56. The lowest BCUT2D eigenvalue weighted by Gasteiger charge is -2.26. The summed E-state index contributed by atoms with van der Waals surface area (Å²) >= 11 is 0. The van der Waals surface area contributed by atoms with Crippen LogP contribution in [0.1, 0.15) is 61.5 Å². The number of carbonyl (C=O) groups is 1. The Morgan fingerprint density at radius 1 is 1.15 bits per heavy atom. The van der Waals surface area contributed by atoms with Gasteiger partial charge >= 0.3 is 6.18 Å². The van der Waals surface area contributed by atoms with Crippen molar-refractivity contribution in [3.05, 3.63) is 29.2 Å². The number of aromatic nitrogens is 3. The fourth-order valence-corrected chi connectivity index (χ4v) is 4.33. The first-order valence-electron chi connectivity index (χ1n) is 9.56. The van der Waals surface area contributed by atoms with Crippen LogP contribution in [-0.2, 0) is 11.0 Å². The van der Waals surface area contributed by atoms with Gasteiger partial charge in [-0.3, -0.25) is 4.79 Å². The fraction of sp³-hybridized carbons (Fsp3) is 0.632. The summed E-state index contributed by atoms with van der Waals surface area (Å²) in [6.07, 6.45) is 1.54. The molecule has 146 valence electrons. The van der Waals surface area contributed by atoms with E-state index in [0.29, 0.717) is 24.5 Å². The lowest BCUT2D eigenvalue weighted by molar-refractivity contribution is -0.142. The topological polar surface area (TPSA) is 50.5 Å². The number of nitrogens with zero attached hydrogens (tertiary/aromatic N) is 4. The summed E-state index contributed by atoms with van der Waals surface area (Å²) in [6, 6.07) is 2.64. The summed E-state index contributed by atoms with van der Waals surface area (Å²) in [7, 11) is 0. The Morgan fingerprint density at radius 3 is 2.59 bits per heavy atom. The van der Waals surface area contributed by atoms with Gasteiger partial charge in [-0.25, -0.2) is 9.50 Å². The SMILES string of the molecule is Cc1cc(C(F)(F)F)n2nc(C3CCN(C(=O)C4CCCCC4)C3)cc2n1. The van der Waals surface area contributed by atoms with Gasteiger partial charge in [0.1, 0.15) is 5.69 Å². The molecular weight excluding hydrogens is 357 g/mol. The standard InChI is InChI=1S/C19H23F3N4O/c1-12-9-16(19(20,21)22)26-17(23-12)10-15(24-26)14-7-8-25(11-14)18(27)13-5-3-2-4-6-13/h9-10,13-14H,2-8,11H2,1H3. The Kier molecular flexibility index (Phi) is 4.60. The molecule has 1 aliphatic carbocycles. The first-order chi connectivity index (χ1) is 12.8. The number of aryl methyl sites for hydroxylation is 1. The molecule has 8 heteroatoms. The minimum absolute atomic E-state index is 0.0411. The molecule has 0 radical (unpaired) electrons. The van der Waals surface area contributed by atoms with E-state index in [9.17, 15) is 18.0 Å².